The Morgan fingerprint density at radius 3 is 2.36 bits per heavy atom. The van der Waals surface area contributed by atoms with Gasteiger partial charge in [0, 0.05) is 64.9 Å². The molecule has 2 aliphatic carbocycles. The maximum Gasteiger partial charge on any atom is 0.410 e. The van der Waals surface area contributed by atoms with Crippen LogP contribution in [0.15, 0.2) is 48.2 Å². The lowest BCUT2D eigenvalue weighted by atomic mass is 9.81. The van der Waals surface area contributed by atoms with Gasteiger partial charge in [0.1, 0.15) is 6.10 Å². The number of ketones is 2. The summed E-state index contributed by atoms with van der Waals surface area (Å²) in [6.07, 6.45) is 22.1. The molecule has 2 fully saturated rings. The summed E-state index contributed by atoms with van der Waals surface area (Å²) in [7, 11) is 3.82. The first-order valence-corrected chi connectivity index (χ1v) is 17.9. The van der Waals surface area contributed by atoms with Gasteiger partial charge in [0.15, 0.2) is 5.78 Å². The van der Waals surface area contributed by atoms with Crippen molar-refractivity contribution in [3.8, 4) is 0 Å². The summed E-state index contributed by atoms with van der Waals surface area (Å²) in [5, 5.41) is 0. The molecule has 0 N–H and O–H groups in total. The molecule has 4 atom stereocenters. The number of hydrogen-bond acceptors (Lipinski definition) is 8. The van der Waals surface area contributed by atoms with E-state index in [4.69, 9.17) is 4.74 Å². The molecule has 1 unspecified atom stereocenters. The number of piperazine rings is 1. The SMILES string of the molecule is C/C(=C\C=C\C(C)c1ccnc(N(C)C)n1)[C@H]1C(=O)C(=O)CCCCC[C@@H](OC(=O)N2CCN(C3CCCCCC3)CC2)/C=C/[C@@H]1C. The Balaban J connectivity index is 1.41. The van der Waals surface area contributed by atoms with Crippen LogP contribution in [0.25, 0.3) is 0 Å². The highest BCUT2D eigenvalue weighted by Crippen LogP contribution is 2.27. The molecule has 2 heterocycles. The molecule has 4 rings (SSSR count). The number of hydrogen-bond donors (Lipinski definition) is 0. The van der Waals surface area contributed by atoms with Crippen LogP contribution in [-0.2, 0) is 14.3 Å². The minimum absolute atomic E-state index is 0.0435. The average Bonchev–Trinajstić information content (AvgIpc) is 3.36. The number of amides is 1. The normalized spacial score (nSPS) is 26.3. The molecule has 9 heteroatoms. The number of anilines is 1. The zero-order valence-electron chi connectivity index (χ0n) is 29.4. The molecule has 1 aliphatic heterocycles. The summed E-state index contributed by atoms with van der Waals surface area (Å²) in [5.74, 6) is -0.757. The lowest BCUT2D eigenvalue weighted by Gasteiger charge is -2.39. The highest BCUT2D eigenvalue weighted by molar-refractivity contribution is 6.38. The standard InChI is InChI=1S/C38H57N5O4/c1-28(33-22-23-39-37(40-33)41(4)5)14-13-15-29(2)35-30(3)20-21-32(18-11-8-12-19-34(44)36(35)45)47-38(46)43-26-24-42(25-27-43)31-16-9-6-7-10-17-31/h13-15,20-23,28,30-32,35H,6-12,16-19,24-27H2,1-5H3/b14-13+,21-20+,29-15+/t28?,30-,32+,35+/m0/s1. The van der Waals surface area contributed by atoms with Crippen LogP contribution in [0.5, 0.6) is 0 Å². The highest BCUT2D eigenvalue weighted by atomic mass is 16.6. The van der Waals surface area contributed by atoms with Crippen molar-refractivity contribution in [2.45, 2.75) is 109 Å². The lowest BCUT2D eigenvalue weighted by Crippen LogP contribution is -2.52. The van der Waals surface area contributed by atoms with Crippen molar-refractivity contribution in [1.82, 2.24) is 19.8 Å². The van der Waals surface area contributed by atoms with Gasteiger partial charge >= 0.3 is 6.09 Å². The van der Waals surface area contributed by atoms with Crippen molar-refractivity contribution in [2.24, 2.45) is 11.8 Å². The second-order valence-electron chi connectivity index (χ2n) is 14.0. The van der Waals surface area contributed by atoms with Crippen LogP contribution in [0.4, 0.5) is 10.7 Å². The van der Waals surface area contributed by atoms with Crippen molar-refractivity contribution in [2.75, 3.05) is 45.2 Å². The number of rotatable bonds is 7. The number of Topliss-reactive ketones (excluding diaryl/α,β-unsaturated/α-hetero) is 2. The molecule has 1 amide bonds. The van der Waals surface area contributed by atoms with Crippen LogP contribution in [0.1, 0.15) is 103 Å². The summed E-state index contributed by atoms with van der Waals surface area (Å²) in [6, 6.07) is 2.56. The first-order chi connectivity index (χ1) is 22.6. The Kier molecular flexibility index (Phi) is 14.2. The summed E-state index contributed by atoms with van der Waals surface area (Å²) in [6.45, 7) is 9.17. The van der Waals surface area contributed by atoms with E-state index in [1.165, 1.54) is 38.5 Å². The number of carbonyl (C=O) groups excluding carboxylic acids is 3. The fourth-order valence-corrected chi connectivity index (χ4v) is 7.07. The third-order valence-electron chi connectivity index (χ3n) is 10.1. The molecule has 0 radical (unpaired) electrons. The summed E-state index contributed by atoms with van der Waals surface area (Å²) in [4.78, 5) is 55.0. The van der Waals surface area contributed by atoms with Gasteiger partial charge < -0.3 is 14.5 Å². The van der Waals surface area contributed by atoms with E-state index in [2.05, 4.69) is 21.8 Å². The number of allylic oxidation sites excluding steroid dienone is 5. The molecule has 3 aliphatic rings. The molecule has 1 saturated heterocycles. The average molecular weight is 648 g/mol. The van der Waals surface area contributed by atoms with Crippen molar-refractivity contribution < 1.29 is 19.1 Å². The van der Waals surface area contributed by atoms with E-state index in [-0.39, 0.29) is 42.0 Å². The van der Waals surface area contributed by atoms with Crippen molar-refractivity contribution in [3.63, 3.8) is 0 Å². The fraction of sp³-hybridized carbons (Fsp3) is 0.658. The van der Waals surface area contributed by atoms with Gasteiger partial charge in [0.25, 0.3) is 0 Å². The van der Waals surface area contributed by atoms with Crippen LogP contribution < -0.4 is 4.90 Å². The summed E-state index contributed by atoms with van der Waals surface area (Å²) in [5.41, 5.74) is 1.74. The quantitative estimate of drug-likeness (QED) is 0.136. The Morgan fingerprint density at radius 2 is 1.66 bits per heavy atom. The van der Waals surface area contributed by atoms with E-state index >= 15 is 0 Å². The number of carbonyl (C=O) groups is 3. The summed E-state index contributed by atoms with van der Waals surface area (Å²) >= 11 is 0. The van der Waals surface area contributed by atoms with Crippen molar-refractivity contribution in [3.05, 3.63) is 53.9 Å². The van der Waals surface area contributed by atoms with E-state index in [0.29, 0.717) is 37.9 Å². The second kappa shape index (κ2) is 18.3. The molecule has 258 valence electrons. The lowest BCUT2D eigenvalue weighted by molar-refractivity contribution is -0.139. The third-order valence-corrected chi connectivity index (χ3v) is 10.1. The topological polar surface area (TPSA) is 95.9 Å². The maximum atomic E-state index is 13.5. The van der Waals surface area contributed by atoms with Gasteiger partial charge in [-0.2, -0.15) is 0 Å². The van der Waals surface area contributed by atoms with Crippen LogP contribution in [-0.4, -0.2) is 89.8 Å². The zero-order valence-corrected chi connectivity index (χ0v) is 29.4. The minimum atomic E-state index is -0.578. The summed E-state index contributed by atoms with van der Waals surface area (Å²) < 4.78 is 6.07. The fourth-order valence-electron chi connectivity index (χ4n) is 7.07. The smallest absolute Gasteiger partial charge is 0.410 e. The van der Waals surface area contributed by atoms with Crippen LogP contribution in [0.3, 0.4) is 0 Å². The van der Waals surface area contributed by atoms with E-state index in [1.54, 1.807) is 6.20 Å². The van der Waals surface area contributed by atoms with E-state index in [1.807, 2.05) is 74.2 Å². The Labute approximate surface area is 282 Å². The minimum Gasteiger partial charge on any atom is -0.442 e. The molecular weight excluding hydrogens is 590 g/mol. The van der Waals surface area contributed by atoms with Crippen molar-refractivity contribution >= 4 is 23.6 Å². The van der Waals surface area contributed by atoms with E-state index < -0.39 is 5.92 Å². The van der Waals surface area contributed by atoms with Gasteiger partial charge in [-0.25, -0.2) is 14.8 Å². The van der Waals surface area contributed by atoms with Crippen LogP contribution in [0.2, 0.25) is 0 Å². The van der Waals surface area contributed by atoms with Crippen LogP contribution in [0, 0.1) is 11.8 Å². The molecule has 9 nitrogen and oxygen atoms in total. The van der Waals surface area contributed by atoms with Gasteiger partial charge in [-0.3, -0.25) is 14.5 Å². The Hall–Kier alpha value is -3.33. The second-order valence-corrected chi connectivity index (χ2v) is 14.0. The van der Waals surface area contributed by atoms with Gasteiger partial charge in [-0.15, -0.1) is 0 Å². The Bertz CT molecular complexity index is 1270. The number of aromatic nitrogens is 2. The first-order valence-electron chi connectivity index (χ1n) is 17.9. The Morgan fingerprint density at radius 1 is 0.979 bits per heavy atom. The molecule has 1 saturated carbocycles. The zero-order chi connectivity index (χ0) is 33.8. The molecule has 0 spiro atoms. The molecular formula is C38H57N5O4. The monoisotopic (exact) mass is 647 g/mol. The van der Waals surface area contributed by atoms with E-state index in [0.717, 1.165) is 37.2 Å². The molecule has 1 aromatic heterocycles. The largest absolute Gasteiger partial charge is 0.442 e. The molecule has 0 aromatic carbocycles. The van der Waals surface area contributed by atoms with Crippen molar-refractivity contribution in [1.29, 1.82) is 0 Å². The van der Waals surface area contributed by atoms with Gasteiger partial charge in [-0.1, -0.05) is 75.8 Å². The van der Waals surface area contributed by atoms with Gasteiger partial charge in [0.05, 0.1) is 11.6 Å². The van der Waals surface area contributed by atoms with Gasteiger partial charge in [-0.05, 0) is 57.1 Å². The van der Waals surface area contributed by atoms with Crippen LogP contribution >= 0.6 is 0 Å². The maximum absolute atomic E-state index is 13.5. The predicted octanol–water partition coefficient (Wildman–Crippen LogP) is 6.91. The molecule has 1 aromatic rings. The number of nitrogens with zero attached hydrogens (tertiary/aromatic N) is 5. The highest BCUT2D eigenvalue weighted by Gasteiger charge is 2.31. The third kappa shape index (κ3) is 10.8. The number of ether oxygens (including phenoxy) is 1. The molecule has 0 bridgehead atoms. The predicted molar refractivity (Wildman–Crippen MR) is 187 cm³/mol. The first kappa shape index (κ1) is 36.5. The van der Waals surface area contributed by atoms with E-state index in [9.17, 15) is 14.4 Å². The van der Waals surface area contributed by atoms with Gasteiger partial charge in [0.2, 0.25) is 11.7 Å². The molecule has 47 heavy (non-hydrogen) atoms.